The van der Waals surface area contributed by atoms with E-state index in [1.54, 1.807) is 11.3 Å². The number of benzene rings is 1. The van der Waals surface area contributed by atoms with Crippen molar-refractivity contribution in [2.45, 2.75) is 6.92 Å². The van der Waals surface area contributed by atoms with E-state index in [1.807, 2.05) is 11.4 Å². The van der Waals surface area contributed by atoms with Crippen molar-refractivity contribution < 1.29 is 4.52 Å². The number of thiophene rings is 1. The smallest absolute Gasteiger partial charge is 0.259 e. The number of aromatic nitrogens is 2. The Bertz CT molecular complexity index is 631. The first kappa shape index (κ1) is 11.9. The van der Waals surface area contributed by atoms with Gasteiger partial charge in [-0.25, -0.2) is 0 Å². The molecule has 0 aliphatic heterocycles. The van der Waals surface area contributed by atoms with Gasteiger partial charge < -0.3 is 4.52 Å². The third-order valence-corrected chi connectivity index (χ3v) is 3.67. The predicted octanol–water partition coefficient (Wildman–Crippen LogP) is 4.03. The number of rotatable bonds is 3. The first-order valence-corrected chi connectivity index (χ1v) is 6.80. The lowest BCUT2D eigenvalue weighted by Crippen LogP contribution is -1.85. The molecule has 0 spiro atoms. The van der Waals surface area contributed by atoms with E-state index in [4.69, 9.17) is 4.52 Å². The molecule has 0 aliphatic rings. The molecule has 0 fully saturated rings. The third-order valence-electron chi connectivity index (χ3n) is 2.77. The van der Waals surface area contributed by atoms with Gasteiger partial charge >= 0.3 is 0 Å². The van der Waals surface area contributed by atoms with Crippen molar-refractivity contribution in [2.75, 3.05) is 0 Å². The number of nitrogens with zero attached hydrogens (tertiary/aromatic N) is 2. The normalized spacial score (nSPS) is 11.7. The van der Waals surface area contributed by atoms with Gasteiger partial charge in [0.15, 0.2) is 6.33 Å². The summed E-state index contributed by atoms with van der Waals surface area (Å²) in [6.07, 6.45) is 3.49. The van der Waals surface area contributed by atoms with Crippen molar-refractivity contribution in [3.63, 3.8) is 0 Å². The largest absolute Gasteiger partial charge is 0.334 e. The van der Waals surface area contributed by atoms with Crippen LogP contribution in [-0.2, 0) is 0 Å². The third kappa shape index (κ3) is 2.63. The lowest BCUT2D eigenvalue weighted by Gasteiger charge is -2.01. The fraction of sp³-hybridized carbons (Fsp3) is 0.0667. The van der Waals surface area contributed by atoms with Crippen LogP contribution in [-0.4, -0.2) is 10.1 Å². The van der Waals surface area contributed by atoms with Gasteiger partial charge in [-0.3, -0.25) is 0 Å². The van der Waals surface area contributed by atoms with Crippen LogP contribution >= 0.6 is 11.3 Å². The van der Waals surface area contributed by atoms with Gasteiger partial charge in [0.2, 0.25) is 0 Å². The molecule has 0 unspecified atom stereocenters. The molecule has 94 valence electrons. The molecule has 0 radical (unpaired) electrons. The maximum Gasteiger partial charge on any atom is 0.259 e. The molecule has 0 saturated heterocycles. The van der Waals surface area contributed by atoms with Crippen LogP contribution in [0, 0.1) is 6.92 Å². The topological polar surface area (TPSA) is 38.9 Å². The quantitative estimate of drug-likeness (QED) is 0.720. The molecule has 3 nitrogen and oxygen atoms in total. The Balaban J connectivity index is 2.07. The molecule has 3 aromatic rings. The van der Waals surface area contributed by atoms with Gasteiger partial charge in [0, 0.05) is 4.88 Å². The van der Waals surface area contributed by atoms with E-state index < -0.39 is 0 Å². The fourth-order valence-corrected chi connectivity index (χ4v) is 2.53. The zero-order chi connectivity index (χ0) is 13.1. The van der Waals surface area contributed by atoms with Gasteiger partial charge in [-0.05, 0) is 30.0 Å². The molecule has 0 N–H and O–H groups in total. The van der Waals surface area contributed by atoms with Crippen molar-refractivity contribution in [3.8, 4) is 0 Å². The summed E-state index contributed by atoms with van der Waals surface area (Å²) in [7, 11) is 0. The minimum Gasteiger partial charge on any atom is -0.334 e. The molecule has 1 aromatic carbocycles. The molecule has 3 rings (SSSR count). The highest BCUT2D eigenvalue weighted by Gasteiger charge is 2.11. The summed E-state index contributed by atoms with van der Waals surface area (Å²) >= 11 is 1.66. The summed E-state index contributed by atoms with van der Waals surface area (Å²) in [5, 5.41) is 5.72. The van der Waals surface area contributed by atoms with Gasteiger partial charge in [-0.15, -0.1) is 11.3 Å². The molecule has 4 heteroatoms. The van der Waals surface area contributed by atoms with Crippen LogP contribution < -0.4 is 0 Å². The van der Waals surface area contributed by atoms with E-state index >= 15 is 0 Å². The summed E-state index contributed by atoms with van der Waals surface area (Å²) in [6, 6.07) is 12.4. The average Bonchev–Trinajstić information content (AvgIpc) is 3.11. The Kier molecular flexibility index (Phi) is 3.25. The van der Waals surface area contributed by atoms with Crippen LogP contribution in [0.1, 0.15) is 21.9 Å². The molecule has 0 aliphatic carbocycles. The van der Waals surface area contributed by atoms with E-state index in [1.165, 1.54) is 11.9 Å². The summed E-state index contributed by atoms with van der Waals surface area (Å²) in [5.41, 5.74) is 3.32. The zero-order valence-electron chi connectivity index (χ0n) is 10.4. The maximum atomic E-state index is 5.19. The second-order valence-corrected chi connectivity index (χ2v) is 5.14. The first-order valence-electron chi connectivity index (χ1n) is 5.92. The Morgan fingerprint density at radius 3 is 2.68 bits per heavy atom. The monoisotopic (exact) mass is 268 g/mol. The lowest BCUT2D eigenvalue weighted by atomic mass is 10.1. The van der Waals surface area contributed by atoms with Crippen LogP contribution in [0.3, 0.4) is 0 Å². The summed E-state index contributed by atoms with van der Waals surface area (Å²) in [5.74, 6) is 0.544. The first-order chi connectivity index (χ1) is 9.33. The van der Waals surface area contributed by atoms with Crippen molar-refractivity contribution in [2.24, 2.45) is 0 Å². The highest BCUT2D eigenvalue weighted by atomic mass is 32.1. The highest BCUT2D eigenvalue weighted by molar-refractivity contribution is 7.11. The lowest BCUT2D eigenvalue weighted by molar-refractivity contribution is 0.407. The Morgan fingerprint density at radius 1 is 1.21 bits per heavy atom. The van der Waals surface area contributed by atoms with E-state index in [-0.39, 0.29) is 0 Å². The fourth-order valence-electron chi connectivity index (χ4n) is 1.79. The highest BCUT2D eigenvalue weighted by Crippen LogP contribution is 2.27. The predicted molar refractivity (Wildman–Crippen MR) is 76.8 cm³/mol. The van der Waals surface area contributed by atoms with Crippen LogP contribution in [0.2, 0.25) is 0 Å². The molecule has 0 amide bonds. The summed E-state index contributed by atoms with van der Waals surface area (Å²) in [6.45, 7) is 2.08. The Hall–Kier alpha value is -2.20. The van der Waals surface area contributed by atoms with Crippen LogP contribution in [0.25, 0.3) is 11.6 Å². The minimum absolute atomic E-state index is 0.544. The molecule has 19 heavy (non-hydrogen) atoms. The summed E-state index contributed by atoms with van der Waals surface area (Å²) in [4.78, 5) is 5.26. The second-order valence-electron chi connectivity index (χ2n) is 4.19. The van der Waals surface area contributed by atoms with Gasteiger partial charge in [0.25, 0.3) is 5.89 Å². The molecular weight excluding hydrogens is 256 g/mol. The average molecular weight is 268 g/mol. The second kappa shape index (κ2) is 5.20. The van der Waals surface area contributed by atoms with Crippen LogP contribution in [0.15, 0.2) is 52.6 Å². The van der Waals surface area contributed by atoms with Crippen molar-refractivity contribution in [1.82, 2.24) is 10.1 Å². The SMILES string of the molecule is Cc1ccc(/C=C(/c2ncno2)c2cccs2)cc1. The van der Waals surface area contributed by atoms with E-state index in [0.29, 0.717) is 5.89 Å². The van der Waals surface area contributed by atoms with E-state index in [9.17, 15) is 0 Å². The number of hydrogen-bond donors (Lipinski definition) is 0. The van der Waals surface area contributed by atoms with Gasteiger partial charge in [-0.2, -0.15) is 4.98 Å². The standard InChI is InChI=1S/C15H12N2OS/c1-11-4-6-12(7-5-11)9-13(14-3-2-8-19-14)15-16-10-17-18-15/h2-10H,1H3/b13-9+. The van der Waals surface area contributed by atoms with Crippen LogP contribution in [0.5, 0.6) is 0 Å². The minimum atomic E-state index is 0.544. The van der Waals surface area contributed by atoms with Gasteiger partial charge in [0.1, 0.15) is 0 Å². The number of aryl methyl sites for hydroxylation is 1. The zero-order valence-corrected chi connectivity index (χ0v) is 11.2. The Labute approximate surface area is 115 Å². The number of hydrogen-bond acceptors (Lipinski definition) is 4. The van der Waals surface area contributed by atoms with Crippen molar-refractivity contribution in [1.29, 1.82) is 0 Å². The molecule has 2 aromatic heterocycles. The van der Waals surface area contributed by atoms with Crippen molar-refractivity contribution in [3.05, 3.63) is 70.0 Å². The van der Waals surface area contributed by atoms with Crippen molar-refractivity contribution >= 4 is 23.0 Å². The van der Waals surface area contributed by atoms with E-state index in [2.05, 4.69) is 53.5 Å². The Morgan fingerprint density at radius 2 is 2.05 bits per heavy atom. The van der Waals surface area contributed by atoms with Gasteiger partial charge in [0.05, 0.1) is 5.57 Å². The molecule has 2 heterocycles. The van der Waals surface area contributed by atoms with Gasteiger partial charge in [-0.1, -0.05) is 41.1 Å². The molecule has 0 atom stereocenters. The molecule has 0 saturated carbocycles. The van der Waals surface area contributed by atoms with Crippen LogP contribution in [0.4, 0.5) is 0 Å². The van der Waals surface area contributed by atoms with E-state index in [0.717, 1.165) is 16.0 Å². The molecule has 0 bridgehead atoms. The molecular formula is C15H12N2OS. The maximum absolute atomic E-state index is 5.19. The summed E-state index contributed by atoms with van der Waals surface area (Å²) < 4.78 is 5.19.